The van der Waals surface area contributed by atoms with Crippen LogP contribution in [0, 0.1) is 0 Å². The van der Waals surface area contributed by atoms with Gasteiger partial charge in [-0.15, -0.1) is 0 Å². The minimum atomic E-state index is -0.273. The van der Waals surface area contributed by atoms with Gasteiger partial charge in [0.1, 0.15) is 5.69 Å². The minimum absolute atomic E-state index is 0.187. The van der Waals surface area contributed by atoms with Gasteiger partial charge in [0, 0.05) is 45.6 Å². The van der Waals surface area contributed by atoms with Crippen molar-refractivity contribution in [2.24, 2.45) is 7.05 Å². The van der Waals surface area contributed by atoms with E-state index in [4.69, 9.17) is 4.42 Å². The fourth-order valence-corrected chi connectivity index (χ4v) is 3.98. The lowest BCUT2D eigenvalue weighted by Gasteiger charge is -2.34. The predicted molar refractivity (Wildman–Crippen MR) is 116 cm³/mol. The monoisotopic (exact) mass is 431 g/mol. The van der Waals surface area contributed by atoms with E-state index in [-0.39, 0.29) is 23.1 Å². The van der Waals surface area contributed by atoms with E-state index in [0.717, 1.165) is 0 Å². The number of amides is 2. The predicted octanol–water partition coefficient (Wildman–Crippen LogP) is 1.87. The first kappa shape index (κ1) is 19.8. The molecule has 162 valence electrons. The van der Waals surface area contributed by atoms with Gasteiger partial charge in [-0.05, 0) is 24.3 Å². The molecule has 0 bridgehead atoms. The van der Waals surface area contributed by atoms with E-state index in [9.17, 15) is 14.4 Å². The largest absolute Gasteiger partial charge is 0.459 e. The smallest absolute Gasteiger partial charge is 0.289 e. The molecule has 0 N–H and O–H groups in total. The molecule has 1 aromatic carbocycles. The Morgan fingerprint density at radius 1 is 0.906 bits per heavy atom. The number of hydrogen-bond acceptors (Lipinski definition) is 5. The number of hydrogen-bond donors (Lipinski definition) is 0. The summed E-state index contributed by atoms with van der Waals surface area (Å²) >= 11 is 0. The van der Waals surface area contributed by atoms with Crippen molar-refractivity contribution in [1.29, 1.82) is 0 Å². The molecule has 0 spiro atoms. The summed E-state index contributed by atoms with van der Waals surface area (Å²) in [4.78, 5) is 42.2. The van der Waals surface area contributed by atoms with Gasteiger partial charge in [-0.25, -0.2) is 0 Å². The molecule has 1 fully saturated rings. The summed E-state index contributed by atoms with van der Waals surface area (Å²) in [7, 11) is 1.77. The van der Waals surface area contributed by atoms with Crippen molar-refractivity contribution in [2.45, 2.75) is 0 Å². The van der Waals surface area contributed by atoms with Crippen LogP contribution in [-0.2, 0) is 7.05 Å². The number of aromatic nitrogens is 3. The maximum Gasteiger partial charge on any atom is 0.289 e. The summed E-state index contributed by atoms with van der Waals surface area (Å²) in [6.07, 6.45) is 4.83. The molecule has 0 saturated carbocycles. The van der Waals surface area contributed by atoms with Gasteiger partial charge < -0.3 is 18.8 Å². The Kier molecular flexibility index (Phi) is 4.85. The number of piperazine rings is 1. The van der Waals surface area contributed by atoms with Crippen molar-refractivity contribution in [3.63, 3.8) is 0 Å². The molecule has 9 heteroatoms. The van der Waals surface area contributed by atoms with Crippen LogP contribution in [0.1, 0.15) is 20.9 Å². The first-order valence-corrected chi connectivity index (χ1v) is 10.3. The van der Waals surface area contributed by atoms with Crippen molar-refractivity contribution in [1.82, 2.24) is 24.1 Å². The van der Waals surface area contributed by atoms with Gasteiger partial charge in [0.05, 0.1) is 23.1 Å². The SMILES string of the molecule is Cn1cc(C(=O)N2CCN(C(=O)c3ccco3)CC2)c2nn(-c3ccccc3)c(=O)c-2c1. The van der Waals surface area contributed by atoms with Crippen LogP contribution in [0.15, 0.2) is 70.3 Å². The molecule has 3 aliphatic rings. The number of carbonyl (C=O) groups excluding carboxylic acids is 2. The number of benzene rings is 1. The van der Waals surface area contributed by atoms with Gasteiger partial charge in [0.25, 0.3) is 17.4 Å². The van der Waals surface area contributed by atoms with E-state index in [2.05, 4.69) is 5.10 Å². The molecule has 0 aliphatic carbocycles. The molecular formula is C23H21N5O4. The molecule has 4 heterocycles. The van der Waals surface area contributed by atoms with Gasteiger partial charge in [-0.2, -0.15) is 9.78 Å². The third-order valence-corrected chi connectivity index (χ3v) is 5.62. The lowest BCUT2D eigenvalue weighted by Crippen LogP contribution is -2.50. The van der Waals surface area contributed by atoms with Crippen molar-refractivity contribution in [2.75, 3.05) is 26.2 Å². The summed E-state index contributed by atoms with van der Waals surface area (Å²) in [6, 6.07) is 12.4. The Morgan fingerprint density at radius 3 is 2.25 bits per heavy atom. The van der Waals surface area contributed by atoms with Crippen molar-refractivity contribution in [3.8, 4) is 16.9 Å². The van der Waals surface area contributed by atoms with Crippen molar-refractivity contribution in [3.05, 3.63) is 82.8 Å². The number of nitrogens with zero attached hydrogens (tertiary/aromatic N) is 5. The fraction of sp³-hybridized carbons (Fsp3) is 0.217. The highest BCUT2D eigenvalue weighted by Gasteiger charge is 2.30. The molecule has 9 nitrogen and oxygen atoms in total. The van der Waals surface area contributed by atoms with Gasteiger partial charge >= 0.3 is 0 Å². The molecule has 2 amide bonds. The van der Waals surface area contributed by atoms with E-state index in [1.165, 1.54) is 10.9 Å². The molecule has 1 aromatic heterocycles. The van der Waals surface area contributed by atoms with Crippen LogP contribution in [0.5, 0.6) is 0 Å². The Hall–Kier alpha value is -4.14. The Bertz CT molecular complexity index is 1300. The number of furan rings is 1. The molecule has 2 aromatic rings. The highest BCUT2D eigenvalue weighted by molar-refractivity contribution is 6.00. The summed E-state index contributed by atoms with van der Waals surface area (Å²) < 4.78 is 8.21. The van der Waals surface area contributed by atoms with Gasteiger partial charge in [0.2, 0.25) is 0 Å². The topological polar surface area (TPSA) is 93.6 Å². The van der Waals surface area contributed by atoms with Crippen LogP contribution in [0.3, 0.4) is 0 Å². The molecule has 0 unspecified atom stereocenters. The average Bonchev–Trinajstić information content (AvgIpc) is 3.47. The second-order valence-corrected chi connectivity index (χ2v) is 7.71. The number of para-hydroxylation sites is 1. The van der Waals surface area contributed by atoms with E-state index in [1.54, 1.807) is 58.1 Å². The highest BCUT2D eigenvalue weighted by atomic mass is 16.3. The molecule has 0 atom stereocenters. The van der Waals surface area contributed by atoms with E-state index < -0.39 is 0 Å². The van der Waals surface area contributed by atoms with Crippen molar-refractivity contribution < 1.29 is 14.0 Å². The average molecular weight is 431 g/mol. The zero-order valence-corrected chi connectivity index (χ0v) is 17.5. The van der Waals surface area contributed by atoms with Crippen LogP contribution in [-0.4, -0.2) is 62.1 Å². The lowest BCUT2D eigenvalue weighted by molar-refractivity contribution is 0.0518. The lowest BCUT2D eigenvalue weighted by atomic mass is 10.1. The van der Waals surface area contributed by atoms with Crippen LogP contribution < -0.4 is 5.56 Å². The Morgan fingerprint density at radius 2 is 1.59 bits per heavy atom. The number of rotatable bonds is 3. The fourth-order valence-electron chi connectivity index (χ4n) is 3.98. The minimum Gasteiger partial charge on any atom is -0.459 e. The van der Waals surface area contributed by atoms with Gasteiger partial charge in [0.15, 0.2) is 5.76 Å². The Labute approximate surface area is 183 Å². The molecule has 5 rings (SSSR count). The molecule has 0 radical (unpaired) electrons. The highest BCUT2D eigenvalue weighted by Crippen LogP contribution is 2.24. The number of aryl methyl sites for hydroxylation is 1. The third-order valence-electron chi connectivity index (χ3n) is 5.62. The standard InChI is InChI=1S/C23H21N5O4/c1-25-14-17(20-18(15-25)22(30)28(24-20)16-6-3-2-4-7-16)21(29)26-9-11-27(12-10-26)23(31)19-8-5-13-32-19/h2-8,13-15H,9-12H2,1H3. The second kappa shape index (κ2) is 7.84. The maximum absolute atomic E-state index is 13.4. The summed E-state index contributed by atoms with van der Waals surface area (Å²) in [5.74, 6) is -0.113. The van der Waals surface area contributed by atoms with Crippen LogP contribution >= 0.6 is 0 Å². The maximum atomic E-state index is 13.4. The molecule has 3 aliphatic heterocycles. The summed E-state index contributed by atoms with van der Waals surface area (Å²) in [5, 5.41) is 4.48. The Balaban J connectivity index is 1.42. The van der Waals surface area contributed by atoms with Gasteiger partial charge in [-0.1, -0.05) is 18.2 Å². The van der Waals surface area contributed by atoms with Gasteiger partial charge in [-0.3, -0.25) is 14.4 Å². The molecular weight excluding hydrogens is 410 g/mol. The van der Waals surface area contributed by atoms with E-state index in [0.29, 0.717) is 48.7 Å². The van der Waals surface area contributed by atoms with Crippen molar-refractivity contribution >= 4 is 11.8 Å². The quantitative estimate of drug-likeness (QED) is 0.494. The van der Waals surface area contributed by atoms with Crippen LogP contribution in [0.2, 0.25) is 0 Å². The second-order valence-electron chi connectivity index (χ2n) is 7.71. The number of fused-ring (bicyclic) bond motifs is 1. The summed E-state index contributed by atoms with van der Waals surface area (Å²) in [6.45, 7) is 1.57. The normalized spacial score (nSPS) is 14.2. The zero-order chi connectivity index (χ0) is 22.2. The van der Waals surface area contributed by atoms with E-state index >= 15 is 0 Å². The first-order chi connectivity index (χ1) is 15.5. The number of carbonyl (C=O) groups is 2. The number of pyridine rings is 1. The van der Waals surface area contributed by atoms with Crippen LogP contribution in [0.4, 0.5) is 0 Å². The summed E-state index contributed by atoms with van der Waals surface area (Å²) in [5.41, 5.74) is 1.48. The zero-order valence-electron chi connectivity index (χ0n) is 17.5. The van der Waals surface area contributed by atoms with E-state index in [1.807, 2.05) is 18.2 Å². The van der Waals surface area contributed by atoms with Crippen LogP contribution in [0.25, 0.3) is 16.9 Å². The first-order valence-electron chi connectivity index (χ1n) is 10.3. The molecule has 1 saturated heterocycles. The third kappa shape index (κ3) is 3.37. The molecule has 32 heavy (non-hydrogen) atoms.